The number of rotatable bonds is 4. The highest BCUT2D eigenvalue weighted by atomic mass is 35.5. The smallest absolute Gasteiger partial charge is 0.341 e. The van der Waals surface area contributed by atoms with Crippen molar-refractivity contribution in [1.29, 1.82) is 0 Å². The Kier molecular flexibility index (Phi) is 4.88. The Balaban J connectivity index is 1.94. The first-order valence-electron chi connectivity index (χ1n) is 7.59. The second kappa shape index (κ2) is 7.06. The van der Waals surface area contributed by atoms with Crippen molar-refractivity contribution in [2.24, 2.45) is 0 Å². The second-order valence-corrected chi connectivity index (χ2v) is 5.97. The molecule has 6 heteroatoms. The van der Waals surface area contributed by atoms with Gasteiger partial charge < -0.3 is 10.1 Å². The number of carbonyl (C=O) groups excluding carboxylic acids is 1. The maximum atomic E-state index is 12.0. The first-order chi connectivity index (χ1) is 11.2. The van der Waals surface area contributed by atoms with Crippen molar-refractivity contribution in [3.05, 3.63) is 58.1 Å². The van der Waals surface area contributed by atoms with Crippen LogP contribution < -0.4 is 5.32 Å². The summed E-state index contributed by atoms with van der Waals surface area (Å²) < 4.78 is 4.84. The van der Waals surface area contributed by atoms with Crippen LogP contribution in [0.15, 0.2) is 30.5 Å². The number of nitrogens with one attached hydrogen (secondary N) is 1. The van der Waals surface area contributed by atoms with Gasteiger partial charge in [-0.3, -0.25) is 0 Å². The fourth-order valence-electron chi connectivity index (χ4n) is 2.72. The molecule has 1 fully saturated rings. The standard InChI is InChI=1S/C17H18ClN3O2/c1-23-17(22)13-10-20-16(14-3-2-8-19-14)21-15(13)9-11-4-6-12(18)7-5-11/h4-7,10,14,19H,2-3,8-9H2,1H3. The predicted octanol–water partition coefficient (Wildman–Crippen LogP) is 2.93. The van der Waals surface area contributed by atoms with Crippen LogP contribution in [0.5, 0.6) is 0 Å². The molecule has 5 nitrogen and oxygen atoms in total. The summed E-state index contributed by atoms with van der Waals surface area (Å²) in [5, 5.41) is 4.06. The van der Waals surface area contributed by atoms with Crippen LogP contribution in [0, 0.1) is 0 Å². The van der Waals surface area contributed by atoms with Crippen LogP contribution in [-0.4, -0.2) is 29.6 Å². The van der Waals surface area contributed by atoms with Gasteiger partial charge in [-0.25, -0.2) is 14.8 Å². The molecule has 1 aliphatic heterocycles. The lowest BCUT2D eigenvalue weighted by Gasteiger charge is -2.13. The summed E-state index contributed by atoms with van der Waals surface area (Å²) in [7, 11) is 1.36. The number of benzene rings is 1. The van der Waals surface area contributed by atoms with Gasteiger partial charge in [0.15, 0.2) is 0 Å². The minimum Gasteiger partial charge on any atom is -0.465 e. The van der Waals surface area contributed by atoms with Gasteiger partial charge in [0, 0.05) is 17.6 Å². The number of methoxy groups -OCH3 is 1. The van der Waals surface area contributed by atoms with E-state index >= 15 is 0 Å². The van der Waals surface area contributed by atoms with Gasteiger partial charge in [0.2, 0.25) is 0 Å². The summed E-state index contributed by atoms with van der Waals surface area (Å²) in [6.45, 7) is 0.972. The van der Waals surface area contributed by atoms with E-state index in [-0.39, 0.29) is 6.04 Å². The van der Waals surface area contributed by atoms with E-state index < -0.39 is 5.97 Å². The topological polar surface area (TPSA) is 64.1 Å². The number of aromatic nitrogens is 2. The van der Waals surface area contributed by atoms with E-state index in [1.165, 1.54) is 7.11 Å². The summed E-state index contributed by atoms with van der Waals surface area (Å²) in [6, 6.07) is 7.67. The molecule has 1 aliphatic rings. The molecule has 0 radical (unpaired) electrons. The molecule has 1 saturated heterocycles. The van der Waals surface area contributed by atoms with Crippen LogP contribution in [-0.2, 0) is 11.2 Å². The van der Waals surface area contributed by atoms with E-state index in [0.29, 0.717) is 22.7 Å². The zero-order valence-corrected chi connectivity index (χ0v) is 13.6. The second-order valence-electron chi connectivity index (χ2n) is 5.53. The number of ether oxygens (including phenoxy) is 1. The molecule has 0 aliphatic carbocycles. The summed E-state index contributed by atoms with van der Waals surface area (Å²) in [4.78, 5) is 21.0. The van der Waals surface area contributed by atoms with Crippen molar-refractivity contribution in [2.75, 3.05) is 13.7 Å². The van der Waals surface area contributed by atoms with Crippen molar-refractivity contribution in [2.45, 2.75) is 25.3 Å². The van der Waals surface area contributed by atoms with Gasteiger partial charge in [-0.2, -0.15) is 0 Å². The first-order valence-corrected chi connectivity index (χ1v) is 7.97. The monoisotopic (exact) mass is 331 g/mol. The molecule has 2 aromatic rings. The lowest BCUT2D eigenvalue weighted by molar-refractivity contribution is 0.0598. The van der Waals surface area contributed by atoms with Crippen LogP contribution in [0.4, 0.5) is 0 Å². The summed E-state index contributed by atoms with van der Waals surface area (Å²) in [5.41, 5.74) is 2.12. The van der Waals surface area contributed by atoms with Crippen LogP contribution >= 0.6 is 11.6 Å². The quantitative estimate of drug-likeness (QED) is 0.873. The number of nitrogens with zero attached hydrogens (tertiary/aromatic N) is 2. The predicted molar refractivity (Wildman–Crippen MR) is 87.6 cm³/mol. The Hall–Kier alpha value is -1.98. The van der Waals surface area contributed by atoms with Crippen molar-refractivity contribution in [1.82, 2.24) is 15.3 Å². The van der Waals surface area contributed by atoms with Crippen LogP contribution in [0.25, 0.3) is 0 Å². The largest absolute Gasteiger partial charge is 0.465 e. The van der Waals surface area contributed by atoms with Gasteiger partial charge in [0.05, 0.1) is 24.4 Å². The Morgan fingerprint density at radius 2 is 2.17 bits per heavy atom. The van der Waals surface area contributed by atoms with Crippen molar-refractivity contribution < 1.29 is 9.53 Å². The Morgan fingerprint density at radius 1 is 1.39 bits per heavy atom. The minimum absolute atomic E-state index is 0.158. The number of hydrogen-bond acceptors (Lipinski definition) is 5. The molecule has 1 N–H and O–H groups in total. The summed E-state index contributed by atoms with van der Waals surface area (Å²) >= 11 is 5.92. The van der Waals surface area contributed by atoms with Crippen LogP contribution in [0.2, 0.25) is 5.02 Å². The number of hydrogen-bond donors (Lipinski definition) is 1. The fraction of sp³-hybridized carbons (Fsp3) is 0.353. The van der Waals surface area contributed by atoms with E-state index in [1.54, 1.807) is 6.20 Å². The van der Waals surface area contributed by atoms with Gasteiger partial charge in [-0.05, 0) is 37.1 Å². The zero-order valence-electron chi connectivity index (χ0n) is 12.9. The summed E-state index contributed by atoms with van der Waals surface area (Å²) in [5.74, 6) is 0.319. The maximum absolute atomic E-state index is 12.0. The van der Waals surface area contributed by atoms with E-state index in [4.69, 9.17) is 16.3 Å². The molecule has 120 valence electrons. The van der Waals surface area contributed by atoms with E-state index in [2.05, 4.69) is 15.3 Å². The maximum Gasteiger partial charge on any atom is 0.341 e. The Bertz CT molecular complexity index is 697. The van der Waals surface area contributed by atoms with Gasteiger partial charge >= 0.3 is 5.97 Å². The zero-order chi connectivity index (χ0) is 16.2. The molecule has 0 amide bonds. The summed E-state index contributed by atoms with van der Waals surface area (Å²) in [6.07, 6.45) is 4.22. The number of carbonyl (C=O) groups is 1. The molecular formula is C17H18ClN3O2. The van der Waals surface area contributed by atoms with Crippen LogP contribution in [0.3, 0.4) is 0 Å². The minimum atomic E-state index is -0.417. The Labute approximate surface area is 140 Å². The van der Waals surface area contributed by atoms with E-state index in [0.717, 1.165) is 30.8 Å². The molecule has 23 heavy (non-hydrogen) atoms. The van der Waals surface area contributed by atoms with E-state index in [1.807, 2.05) is 24.3 Å². The highest BCUT2D eigenvalue weighted by Gasteiger charge is 2.22. The SMILES string of the molecule is COC(=O)c1cnc(C2CCCN2)nc1Cc1ccc(Cl)cc1. The van der Waals surface area contributed by atoms with Gasteiger partial charge in [-0.1, -0.05) is 23.7 Å². The average Bonchev–Trinajstić information content (AvgIpc) is 3.11. The fourth-order valence-corrected chi connectivity index (χ4v) is 2.84. The third-order valence-corrected chi connectivity index (χ3v) is 4.20. The van der Waals surface area contributed by atoms with Gasteiger partial charge in [0.1, 0.15) is 5.82 Å². The van der Waals surface area contributed by atoms with Crippen molar-refractivity contribution >= 4 is 17.6 Å². The van der Waals surface area contributed by atoms with Crippen molar-refractivity contribution in [3.63, 3.8) is 0 Å². The molecule has 1 unspecified atom stereocenters. The Morgan fingerprint density at radius 3 is 2.83 bits per heavy atom. The molecule has 1 aromatic heterocycles. The van der Waals surface area contributed by atoms with Gasteiger partial charge in [0.25, 0.3) is 0 Å². The van der Waals surface area contributed by atoms with Crippen molar-refractivity contribution in [3.8, 4) is 0 Å². The van der Waals surface area contributed by atoms with Gasteiger partial charge in [-0.15, -0.1) is 0 Å². The lowest BCUT2D eigenvalue weighted by Crippen LogP contribution is -2.18. The molecule has 0 saturated carbocycles. The molecule has 2 heterocycles. The molecule has 1 aromatic carbocycles. The highest BCUT2D eigenvalue weighted by molar-refractivity contribution is 6.30. The number of esters is 1. The molecule has 0 bridgehead atoms. The van der Waals surface area contributed by atoms with E-state index in [9.17, 15) is 4.79 Å². The molecular weight excluding hydrogens is 314 g/mol. The lowest BCUT2D eigenvalue weighted by atomic mass is 10.1. The average molecular weight is 332 g/mol. The molecule has 0 spiro atoms. The van der Waals surface area contributed by atoms with Crippen LogP contribution in [0.1, 0.15) is 46.3 Å². The number of halogens is 1. The molecule has 3 rings (SSSR count). The third-order valence-electron chi connectivity index (χ3n) is 3.95. The third kappa shape index (κ3) is 3.68. The highest BCUT2D eigenvalue weighted by Crippen LogP contribution is 2.22. The molecule has 1 atom stereocenters. The first kappa shape index (κ1) is 15.9. The normalized spacial score (nSPS) is 17.2.